The summed E-state index contributed by atoms with van der Waals surface area (Å²) in [5, 5.41) is 11.7. The van der Waals surface area contributed by atoms with Crippen molar-refractivity contribution in [1.29, 1.82) is 0 Å². The van der Waals surface area contributed by atoms with E-state index in [-0.39, 0.29) is 11.8 Å². The van der Waals surface area contributed by atoms with E-state index in [9.17, 15) is 9.59 Å². The average Bonchev–Trinajstić information content (AvgIpc) is 3.07. The fourth-order valence-electron chi connectivity index (χ4n) is 2.07. The van der Waals surface area contributed by atoms with Gasteiger partial charge in [0.1, 0.15) is 0 Å². The molecule has 23 heavy (non-hydrogen) atoms. The number of aromatic nitrogens is 3. The summed E-state index contributed by atoms with van der Waals surface area (Å²) >= 11 is 1.45. The highest BCUT2D eigenvalue weighted by Crippen LogP contribution is 2.27. The Bertz CT molecular complexity index is 866. The van der Waals surface area contributed by atoms with E-state index in [0.29, 0.717) is 17.3 Å². The van der Waals surface area contributed by atoms with Gasteiger partial charge in [0.15, 0.2) is 0 Å². The summed E-state index contributed by atoms with van der Waals surface area (Å²) in [6, 6.07) is 7.46. The normalized spacial score (nSPS) is 10.7. The molecule has 0 fully saturated rings. The number of carbonyl (C=O) groups excluding carboxylic acids is 2. The third-order valence-electron chi connectivity index (χ3n) is 3.15. The lowest BCUT2D eigenvalue weighted by atomic mass is 10.1. The van der Waals surface area contributed by atoms with E-state index in [4.69, 9.17) is 0 Å². The lowest BCUT2D eigenvalue weighted by Gasteiger charge is -2.03. The topological polar surface area (TPSA) is 88.4 Å². The first-order valence-electron chi connectivity index (χ1n) is 7.09. The van der Waals surface area contributed by atoms with Gasteiger partial charge in [0.2, 0.25) is 22.7 Å². The Morgan fingerprint density at radius 3 is 2.61 bits per heavy atom. The monoisotopic (exact) mass is 329 g/mol. The average molecular weight is 329 g/mol. The molecule has 8 heteroatoms. The maximum atomic E-state index is 11.4. The van der Waals surface area contributed by atoms with Crippen LogP contribution in [0.1, 0.15) is 20.3 Å². The molecule has 0 unspecified atom stereocenters. The van der Waals surface area contributed by atoms with Crippen LogP contribution in [0.15, 0.2) is 29.6 Å². The first-order valence-corrected chi connectivity index (χ1v) is 7.97. The SMILES string of the molecule is CCC(=O)Nc1nc2scc(-c3ccc(NC(C)=O)cc3)n2n1. The minimum absolute atomic E-state index is 0.108. The molecular formula is C15H15N5O2S. The molecular weight excluding hydrogens is 314 g/mol. The molecule has 2 heterocycles. The predicted molar refractivity (Wildman–Crippen MR) is 89.5 cm³/mol. The van der Waals surface area contributed by atoms with E-state index in [1.54, 1.807) is 11.4 Å². The van der Waals surface area contributed by atoms with Crippen LogP contribution < -0.4 is 10.6 Å². The second kappa shape index (κ2) is 6.17. The molecule has 0 saturated heterocycles. The predicted octanol–water partition coefficient (Wildman–Crippen LogP) is 2.76. The number of nitrogens with one attached hydrogen (secondary N) is 2. The summed E-state index contributed by atoms with van der Waals surface area (Å²) in [6.07, 6.45) is 0.379. The number of carbonyl (C=O) groups is 2. The highest BCUT2D eigenvalue weighted by molar-refractivity contribution is 7.15. The molecule has 7 nitrogen and oxygen atoms in total. The minimum Gasteiger partial charge on any atom is -0.326 e. The number of benzene rings is 1. The van der Waals surface area contributed by atoms with E-state index in [0.717, 1.165) is 16.9 Å². The summed E-state index contributed by atoms with van der Waals surface area (Å²) < 4.78 is 1.70. The number of rotatable bonds is 4. The zero-order valence-corrected chi connectivity index (χ0v) is 13.5. The highest BCUT2D eigenvalue weighted by Gasteiger charge is 2.12. The molecule has 0 radical (unpaired) electrons. The van der Waals surface area contributed by atoms with Gasteiger partial charge in [0.25, 0.3) is 0 Å². The second-order valence-corrected chi connectivity index (χ2v) is 5.75. The van der Waals surface area contributed by atoms with Gasteiger partial charge in [0, 0.05) is 30.0 Å². The zero-order chi connectivity index (χ0) is 16.4. The van der Waals surface area contributed by atoms with E-state index in [2.05, 4.69) is 20.7 Å². The van der Waals surface area contributed by atoms with Crippen molar-refractivity contribution in [2.45, 2.75) is 20.3 Å². The first kappa shape index (κ1) is 15.2. The van der Waals surface area contributed by atoms with Crippen molar-refractivity contribution in [3.05, 3.63) is 29.6 Å². The first-order chi connectivity index (χ1) is 11.1. The molecule has 118 valence electrons. The van der Waals surface area contributed by atoms with Crippen molar-refractivity contribution in [3.8, 4) is 11.3 Å². The van der Waals surface area contributed by atoms with Crippen molar-refractivity contribution < 1.29 is 9.59 Å². The Labute approximate surface area is 136 Å². The molecule has 2 aromatic heterocycles. The van der Waals surface area contributed by atoms with Crippen LogP contribution in [-0.2, 0) is 9.59 Å². The summed E-state index contributed by atoms with van der Waals surface area (Å²) in [5.74, 6) is 0.0764. The van der Waals surface area contributed by atoms with Gasteiger partial charge < -0.3 is 5.32 Å². The van der Waals surface area contributed by atoms with Crippen molar-refractivity contribution in [2.75, 3.05) is 10.6 Å². The Hall–Kier alpha value is -2.74. The lowest BCUT2D eigenvalue weighted by Crippen LogP contribution is -2.10. The summed E-state index contributed by atoms with van der Waals surface area (Å²) in [5.41, 5.74) is 2.56. The fourth-order valence-corrected chi connectivity index (χ4v) is 2.90. The molecule has 1 aromatic carbocycles. The fraction of sp³-hybridized carbons (Fsp3) is 0.200. The molecule has 0 bridgehead atoms. The lowest BCUT2D eigenvalue weighted by molar-refractivity contribution is -0.116. The minimum atomic E-state index is -0.121. The number of anilines is 2. The van der Waals surface area contributed by atoms with Gasteiger partial charge >= 0.3 is 0 Å². The second-order valence-electron chi connectivity index (χ2n) is 4.91. The van der Waals surface area contributed by atoms with Gasteiger partial charge in [-0.15, -0.1) is 16.4 Å². The van der Waals surface area contributed by atoms with E-state index in [1.807, 2.05) is 29.6 Å². The van der Waals surface area contributed by atoms with E-state index >= 15 is 0 Å². The van der Waals surface area contributed by atoms with E-state index in [1.165, 1.54) is 18.3 Å². The molecule has 2 amide bonds. The van der Waals surface area contributed by atoms with Crippen LogP contribution in [-0.4, -0.2) is 26.4 Å². The number of nitrogens with zero attached hydrogens (tertiary/aromatic N) is 3. The smallest absolute Gasteiger partial charge is 0.250 e. The third kappa shape index (κ3) is 3.21. The van der Waals surface area contributed by atoms with Crippen LogP contribution in [0, 0.1) is 0 Å². The van der Waals surface area contributed by atoms with Gasteiger partial charge in [0.05, 0.1) is 5.69 Å². The molecule has 0 aliphatic heterocycles. The van der Waals surface area contributed by atoms with Gasteiger partial charge in [-0.25, -0.2) is 4.52 Å². The van der Waals surface area contributed by atoms with Crippen molar-refractivity contribution in [3.63, 3.8) is 0 Å². The zero-order valence-electron chi connectivity index (χ0n) is 12.7. The number of amides is 2. The molecule has 3 aromatic rings. The number of fused-ring (bicyclic) bond motifs is 1. The standard InChI is InChI=1S/C15H15N5O2S/c1-3-13(22)17-14-18-15-20(19-14)12(8-23-15)10-4-6-11(7-5-10)16-9(2)21/h4-8H,3H2,1-2H3,(H,16,21)(H,17,19,22). The summed E-state index contributed by atoms with van der Waals surface area (Å²) in [4.78, 5) is 27.5. The van der Waals surface area contributed by atoms with Crippen molar-refractivity contribution in [1.82, 2.24) is 14.6 Å². The van der Waals surface area contributed by atoms with Crippen LogP contribution in [0.4, 0.5) is 11.6 Å². The quantitative estimate of drug-likeness (QED) is 0.770. The highest BCUT2D eigenvalue weighted by atomic mass is 32.1. The molecule has 0 saturated carbocycles. The molecule has 3 rings (SSSR count). The van der Waals surface area contributed by atoms with Crippen molar-refractivity contribution in [2.24, 2.45) is 0 Å². The summed E-state index contributed by atoms with van der Waals surface area (Å²) in [7, 11) is 0. The van der Waals surface area contributed by atoms with Gasteiger partial charge in [-0.05, 0) is 12.1 Å². The number of thiazole rings is 1. The van der Waals surface area contributed by atoms with Crippen LogP contribution in [0.25, 0.3) is 16.2 Å². The Kier molecular flexibility index (Phi) is 4.07. The molecule has 0 aliphatic rings. The maximum Gasteiger partial charge on any atom is 0.250 e. The van der Waals surface area contributed by atoms with Crippen LogP contribution in [0.3, 0.4) is 0 Å². The number of hydrogen-bond acceptors (Lipinski definition) is 5. The molecule has 0 spiro atoms. The largest absolute Gasteiger partial charge is 0.326 e. The van der Waals surface area contributed by atoms with Crippen LogP contribution in [0.2, 0.25) is 0 Å². The Morgan fingerprint density at radius 2 is 1.96 bits per heavy atom. The Morgan fingerprint density at radius 1 is 1.22 bits per heavy atom. The summed E-state index contributed by atoms with van der Waals surface area (Å²) in [6.45, 7) is 3.24. The maximum absolute atomic E-state index is 11.4. The van der Waals surface area contributed by atoms with Crippen LogP contribution in [0.5, 0.6) is 0 Å². The van der Waals surface area contributed by atoms with Gasteiger partial charge in [-0.3, -0.25) is 14.9 Å². The number of hydrogen-bond donors (Lipinski definition) is 2. The van der Waals surface area contributed by atoms with Gasteiger partial charge in [-0.1, -0.05) is 19.1 Å². The molecule has 0 aliphatic carbocycles. The third-order valence-corrected chi connectivity index (χ3v) is 3.97. The van der Waals surface area contributed by atoms with Crippen molar-refractivity contribution >= 4 is 39.7 Å². The van der Waals surface area contributed by atoms with Crippen LogP contribution >= 0.6 is 11.3 Å². The van der Waals surface area contributed by atoms with E-state index < -0.39 is 0 Å². The van der Waals surface area contributed by atoms with Gasteiger partial charge in [-0.2, -0.15) is 4.98 Å². The molecule has 0 atom stereocenters. The Balaban J connectivity index is 1.90. The molecule has 2 N–H and O–H groups in total.